The second-order valence-electron chi connectivity index (χ2n) is 5.18. The quantitative estimate of drug-likeness (QED) is 0.459. The highest BCUT2D eigenvalue weighted by atomic mass is 31.2. The van der Waals surface area contributed by atoms with Crippen molar-refractivity contribution in [2.75, 3.05) is 42.3 Å². The van der Waals surface area contributed by atoms with Crippen LogP contribution in [0.25, 0.3) is 0 Å². The minimum absolute atomic E-state index is 0.875. The standard InChI is InChI=1S/C14H26N4OP/c1-13(14-11-9-8-10-12-14)15-19-20(16(2)3,17(4)5)18(6)7/h8-12H,1-7H3/q+1/b15-13+. The van der Waals surface area contributed by atoms with E-state index in [1.807, 2.05) is 79.5 Å². The number of hydrogen-bond acceptors (Lipinski definition) is 5. The number of rotatable bonds is 6. The van der Waals surface area contributed by atoms with Crippen LogP contribution in [0, 0.1) is 0 Å². The Morgan fingerprint density at radius 1 is 0.900 bits per heavy atom. The van der Waals surface area contributed by atoms with Crippen LogP contribution in [0.15, 0.2) is 35.5 Å². The van der Waals surface area contributed by atoms with Crippen LogP contribution in [0.2, 0.25) is 0 Å². The summed E-state index contributed by atoms with van der Waals surface area (Å²) < 4.78 is 12.3. The third kappa shape index (κ3) is 3.55. The Labute approximate surface area is 123 Å². The molecule has 0 atom stereocenters. The van der Waals surface area contributed by atoms with Gasteiger partial charge >= 0.3 is 7.94 Å². The maximum atomic E-state index is 6.01. The minimum Gasteiger partial charge on any atom is -0.184 e. The zero-order chi connectivity index (χ0) is 15.3. The summed E-state index contributed by atoms with van der Waals surface area (Å²) in [5.74, 6) is 0. The maximum Gasteiger partial charge on any atom is 0.449 e. The van der Waals surface area contributed by atoms with Gasteiger partial charge in [-0.25, -0.2) is 0 Å². The fraction of sp³-hybridized carbons (Fsp3) is 0.500. The van der Waals surface area contributed by atoms with E-state index >= 15 is 0 Å². The van der Waals surface area contributed by atoms with Gasteiger partial charge in [0.25, 0.3) is 0 Å². The summed E-state index contributed by atoms with van der Waals surface area (Å²) in [4.78, 5) is 0. The SMILES string of the molecule is C/C(=N\O[P+](N(C)C)(N(C)C)N(C)C)c1ccccc1. The molecule has 112 valence electrons. The molecule has 0 fully saturated rings. The summed E-state index contributed by atoms with van der Waals surface area (Å²) in [5, 5.41) is 4.37. The molecule has 0 aromatic heterocycles. The molecule has 1 rings (SSSR count). The van der Waals surface area contributed by atoms with Crippen LogP contribution in [0.1, 0.15) is 12.5 Å². The smallest absolute Gasteiger partial charge is 0.184 e. The fourth-order valence-corrected chi connectivity index (χ4v) is 4.96. The largest absolute Gasteiger partial charge is 0.449 e. The Bertz CT molecular complexity index is 424. The van der Waals surface area contributed by atoms with Gasteiger partial charge in [0.05, 0.1) is 5.71 Å². The predicted octanol–water partition coefficient (Wildman–Crippen LogP) is 2.79. The van der Waals surface area contributed by atoms with Crippen LogP contribution < -0.4 is 0 Å². The van der Waals surface area contributed by atoms with Crippen LogP contribution in [-0.2, 0) is 4.62 Å². The van der Waals surface area contributed by atoms with E-state index < -0.39 is 7.94 Å². The molecule has 6 heteroatoms. The third-order valence-corrected chi connectivity index (χ3v) is 6.47. The van der Waals surface area contributed by atoms with E-state index in [4.69, 9.17) is 4.62 Å². The van der Waals surface area contributed by atoms with Gasteiger partial charge in [0.1, 0.15) is 0 Å². The molecule has 0 amide bonds. The zero-order valence-corrected chi connectivity index (χ0v) is 14.4. The van der Waals surface area contributed by atoms with Crippen LogP contribution in [-0.4, -0.2) is 62.0 Å². The summed E-state index contributed by atoms with van der Waals surface area (Å²) in [6, 6.07) is 10.1. The first kappa shape index (κ1) is 17.1. The van der Waals surface area contributed by atoms with E-state index in [2.05, 4.69) is 19.2 Å². The Hall–Kier alpha value is -1.00. The third-order valence-electron chi connectivity index (χ3n) is 3.04. The van der Waals surface area contributed by atoms with Gasteiger partial charge in [-0.05, 0) is 17.6 Å². The summed E-state index contributed by atoms with van der Waals surface area (Å²) in [5.41, 5.74) is 1.95. The van der Waals surface area contributed by atoms with Gasteiger partial charge in [0.15, 0.2) is 0 Å². The van der Waals surface area contributed by atoms with Crippen molar-refractivity contribution in [3.05, 3.63) is 35.9 Å². The lowest BCUT2D eigenvalue weighted by atomic mass is 10.1. The second-order valence-corrected chi connectivity index (χ2v) is 8.77. The highest BCUT2D eigenvalue weighted by Gasteiger charge is 2.53. The van der Waals surface area contributed by atoms with E-state index in [0.717, 1.165) is 11.3 Å². The Morgan fingerprint density at radius 2 is 1.35 bits per heavy atom. The molecule has 1 aromatic carbocycles. The van der Waals surface area contributed by atoms with Gasteiger partial charge in [-0.2, -0.15) is 4.62 Å². The van der Waals surface area contributed by atoms with Crippen molar-refractivity contribution < 1.29 is 4.62 Å². The topological polar surface area (TPSA) is 31.3 Å². The molecule has 0 bridgehead atoms. The van der Waals surface area contributed by atoms with Crippen molar-refractivity contribution >= 4 is 13.7 Å². The maximum absolute atomic E-state index is 6.01. The normalized spacial score (nSPS) is 13.4. The van der Waals surface area contributed by atoms with Crippen molar-refractivity contribution in [1.82, 2.24) is 14.0 Å². The molecule has 0 aliphatic carbocycles. The van der Waals surface area contributed by atoms with E-state index in [1.165, 1.54) is 0 Å². The number of hydrogen-bond donors (Lipinski definition) is 0. The molecule has 0 heterocycles. The van der Waals surface area contributed by atoms with Crippen molar-refractivity contribution in [3.8, 4) is 0 Å². The second kappa shape index (κ2) is 7.14. The lowest BCUT2D eigenvalue weighted by molar-refractivity contribution is 0.251. The number of oxime groups is 1. The lowest BCUT2D eigenvalue weighted by Gasteiger charge is -2.34. The summed E-state index contributed by atoms with van der Waals surface area (Å²) in [7, 11) is 10.0. The van der Waals surface area contributed by atoms with Crippen molar-refractivity contribution in [2.45, 2.75) is 6.92 Å². The molecule has 0 aliphatic rings. The molecule has 20 heavy (non-hydrogen) atoms. The summed E-state index contributed by atoms with van der Waals surface area (Å²) in [6.07, 6.45) is 0. The fourth-order valence-electron chi connectivity index (χ4n) is 2.14. The van der Waals surface area contributed by atoms with Crippen molar-refractivity contribution in [3.63, 3.8) is 0 Å². The number of nitrogens with zero attached hydrogens (tertiary/aromatic N) is 4. The Morgan fingerprint density at radius 3 is 1.75 bits per heavy atom. The predicted molar refractivity (Wildman–Crippen MR) is 87.7 cm³/mol. The highest BCUT2D eigenvalue weighted by molar-refractivity contribution is 7.64. The molecule has 0 N–H and O–H groups in total. The molecule has 0 radical (unpaired) electrons. The van der Waals surface area contributed by atoms with Crippen molar-refractivity contribution in [2.24, 2.45) is 5.16 Å². The monoisotopic (exact) mass is 297 g/mol. The van der Waals surface area contributed by atoms with Gasteiger partial charge in [-0.3, -0.25) is 0 Å². The van der Waals surface area contributed by atoms with Gasteiger partial charge in [0.2, 0.25) is 0 Å². The molecule has 0 spiro atoms. The number of benzene rings is 1. The van der Waals surface area contributed by atoms with Crippen LogP contribution >= 0.6 is 7.94 Å². The van der Waals surface area contributed by atoms with Crippen LogP contribution in [0.3, 0.4) is 0 Å². The van der Waals surface area contributed by atoms with Crippen LogP contribution in [0.5, 0.6) is 0 Å². The molecular weight excluding hydrogens is 271 g/mol. The first-order chi connectivity index (χ1) is 9.32. The molecule has 0 aliphatic heterocycles. The Kier molecular flexibility index (Phi) is 6.08. The minimum atomic E-state index is -2.07. The van der Waals surface area contributed by atoms with E-state index in [1.54, 1.807) is 0 Å². The van der Waals surface area contributed by atoms with E-state index in [-0.39, 0.29) is 0 Å². The first-order valence-electron chi connectivity index (χ1n) is 6.53. The van der Waals surface area contributed by atoms with Crippen LogP contribution in [0.4, 0.5) is 0 Å². The van der Waals surface area contributed by atoms with E-state index in [0.29, 0.717) is 0 Å². The Balaban J connectivity index is 3.03. The molecule has 0 saturated heterocycles. The molecule has 5 nitrogen and oxygen atoms in total. The van der Waals surface area contributed by atoms with Crippen molar-refractivity contribution in [1.29, 1.82) is 0 Å². The molecular formula is C14H26N4OP+. The summed E-state index contributed by atoms with van der Waals surface area (Å²) >= 11 is 0. The van der Waals surface area contributed by atoms with E-state index in [9.17, 15) is 0 Å². The van der Waals surface area contributed by atoms with Gasteiger partial charge in [0, 0.05) is 42.3 Å². The molecule has 0 saturated carbocycles. The van der Waals surface area contributed by atoms with Gasteiger partial charge in [-0.1, -0.05) is 30.3 Å². The summed E-state index contributed by atoms with van der Waals surface area (Å²) in [6.45, 7) is 1.96. The first-order valence-corrected chi connectivity index (χ1v) is 8.10. The zero-order valence-electron chi connectivity index (χ0n) is 13.5. The molecule has 1 aromatic rings. The average molecular weight is 297 g/mol. The average Bonchev–Trinajstić information content (AvgIpc) is 2.38. The molecule has 0 unspecified atom stereocenters. The highest BCUT2D eigenvalue weighted by Crippen LogP contribution is 2.64. The lowest BCUT2D eigenvalue weighted by Crippen LogP contribution is -2.36. The van der Waals surface area contributed by atoms with Gasteiger partial charge in [-0.15, -0.1) is 14.0 Å². The van der Waals surface area contributed by atoms with Gasteiger partial charge < -0.3 is 0 Å².